The van der Waals surface area contributed by atoms with E-state index in [1.807, 2.05) is 11.8 Å². The van der Waals surface area contributed by atoms with E-state index in [1.54, 1.807) is 0 Å². The topological polar surface area (TPSA) is 49.4 Å². The molecule has 2 saturated carbocycles. The first-order chi connectivity index (χ1) is 8.63. The standard InChI is InChI=1S/C14H22N2O2/c1-9(8-16-4-2-3-13(16)17)15-14(18)12-6-10-5-11(10)7-12/h9-12H,2-8H2,1H3,(H,15,18). The lowest BCUT2D eigenvalue weighted by molar-refractivity contribution is -0.130. The second-order valence-electron chi connectivity index (χ2n) is 6.28. The molecule has 3 atom stereocenters. The molecule has 0 aromatic heterocycles. The zero-order chi connectivity index (χ0) is 12.7. The van der Waals surface area contributed by atoms with E-state index in [4.69, 9.17) is 0 Å². The van der Waals surface area contributed by atoms with E-state index < -0.39 is 0 Å². The average molecular weight is 250 g/mol. The zero-order valence-electron chi connectivity index (χ0n) is 11.0. The summed E-state index contributed by atoms with van der Waals surface area (Å²) in [5, 5.41) is 3.08. The highest BCUT2D eigenvalue weighted by Gasteiger charge is 2.48. The van der Waals surface area contributed by atoms with Gasteiger partial charge in [-0.15, -0.1) is 0 Å². The Hall–Kier alpha value is -1.06. The van der Waals surface area contributed by atoms with Crippen molar-refractivity contribution in [2.75, 3.05) is 13.1 Å². The normalized spacial score (nSPS) is 35.5. The van der Waals surface area contributed by atoms with E-state index in [0.717, 1.165) is 37.6 Å². The second kappa shape index (κ2) is 4.56. The van der Waals surface area contributed by atoms with Crippen LogP contribution in [0.15, 0.2) is 0 Å². The second-order valence-corrected chi connectivity index (χ2v) is 6.28. The van der Waals surface area contributed by atoms with Gasteiger partial charge in [-0.25, -0.2) is 0 Å². The highest BCUT2D eigenvalue weighted by molar-refractivity contribution is 5.80. The van der Waals surface area contributed by atoms with Crippen molar-refractivity contribution < 1.29 is 9.59 Å². The van der Waals surface area contributed by atoms with Crippen LogP contribution in [-0.2, 0) is 9.59 Å². The van der Waals surface area contributed by atoms with Gasteiger partial charge in [-0.3, -0.25) is 9.59 Å². The molecule has 0 bridgehead atoms. The summed E-state index contributed by atoms with van der Waals surface area (Å²) in [5.74, 6) is 2.37. The van der Waals surface area contributed by atoms with Crippen LogP contribution in [0.3, 0.4) is 0 Å². The van der Waals surface area contributed by atoms with Gasteiger partial charge in [0.1, 0.15) is 0 Å². The molecule has 3 fully saturated rings. The van der Waals surface area contributed by atoms with E-state index in [0.29, 0.717) is 13.0 Å². The number of hydrogen-bond acceptors (Lipinski definition) is 2. The minimum Gasteiger partial charge on any atom is -0.352 e. The summed E-state index contributed by atoms with van der Waals surface area (Å²) in [6.45, 7) is 3.52. The van der Waals surface area contributed by atoms with Gasteiger partial charge in [0.15, 0.2) is 0 Å². The fourth-order valence-corrected chi connectivity index (χ4v) is 3.56. The summed E-state index contributed by atoms with van der Waals surface area (Å²) in [4.78, 5) is 25.4. The molecule has 18 heavy (non-hydrogen) atoms. The van der Waals surface area contributed by atoms with Crippen molar-refractivity contribution in [1.82, 2.24) is 10.2 Å². The van der Waals surface area contributed by atoms with E-state index in [1.165, 1.54) is 6.42 Å². The number of hydrogen-bond donors (Lipinski definition) is 1. The molecule has 2 aliphatic carbocycles. The van der Waals surface area contributed by atoms with Crippen LogP contribution in [0.25, 0.3) is 0 Å². The number of amides is 2. The van der Waals surface area contributed by atoms with Crippen LogP contribution < -0.4 is 5.32 Å². The molecular formula is C14H22N2O2. The van der Waals surface area contributed by atoms with Gasteiger partial charge in [0.25, 0.3) is 0 Å². The van der Waals surface area contributed by atoms with Gasteiger partial charge in [-0.05, 0) is 44.4 Å². The van der Waals surface area contributed by atoms with Crippen molar-refractivity contribution in [3.05, 3.63) is 0 Å². The number of rotatable bonds is 4. The molecule has 100 valence electrons. The Morgan fingerprint density at radius 1 is 1.39 bits per heavy atom. The molecule has 0 radical (unpaired) electrons. The molecule has 3 unspecified atom stereocenters. The van der Waals surface area contributed by atoms with E-state index in [-0.39, 0.29) is 23.8 Å². The third-order valence-electron chi connectivity index (χ3n) is 4.67. The summed E-state index contributed by atoms with van der Waals surface area (Å²) in [5.41, 5.74) is 0. The maximum Gasteiger partial charge on any atom is 0.223 e. The molecule has 0 spiro atoms. The molecule has 1 heterocycles. The lowest BCUT2D eigenvalue weighted by atomic mass is 10.0. The molecule has 3 aliphatic rings. The summed E-state index contributed by atoms with van der Waals surface area (Å²) in [7, 11) is 0. The summed E-state index contributed by atoms with van der Waals surface area (Å²) in [6.07, 6.45) is 5.16. The van der Waals surface area contributed by atoms with Gasteiger partial charge < -0.3 is 10.2 Å². The number of fused-ring (bicyclic) bond motifs is 1. The maximum absolute atomic E-state index is 12.1. The third-order valence-corrected chi connectivity index (χ3v) is 4.67. The number of carbonyl (C=O) groups is 2. The molecule has 0 aromatic carbocycles. The van der Waals surface area contributed by atoms with Gasteiger partial charge in [0.05, 0.1) is 0 Å². The smallest absolute Gasteiger partial charge is 0.223 e. The van der Waals surface area contributed by atoms with Crippen LogP contribution >= 0.6 is 0 Å². The summed E-state index contributed by atoms with van der Waals surface area (Å²) >= 11 is 0. The predicted octanol–water partition coefficient (Wildman–Crippen LogP) is 1.16. The van der Waals surface area contributed by atoms with Crippen LogP contribution in [0.1, 0.15) is 39.0 Å². The first-order valence-corrected chi connectivity index (χ1v) is 7.21. The molecule has 3 rings (SSSR count). The minimum atomic E-state index is 0.0801. The summed E-state index contributed by atoms with van der Waals surface area (Å²) < 4.78 is 0. The van der Waals surface area contributed by atoms with Crippen molar-refractivity contribution in [3.8, 4) is 0 Å². The van der Waals surface area contributed by atoms with Gasteiger partial charge in [-0.1, -0.05) is 0 Å². The highest BCUT2D eigenvalue weighted by Crippen LogP contribution is 2.54. The van der Waals surface area contributed by atoms with Crippen molar-refractivity contribution in [1.29, 1.82) is 0 Å². The number of nitrogens with zero attached hydrogens (tertiary/aromatic N) is 1. The SMILES string of the molecule is CC(CN1CCCC1=O)NC(=O)C1CC2CC2C1. The van der Waals surface area contributed by atoms with E-state index >= 15 is 0 Å². The molecule has 4 nitrogen and oxygen atoms in total. The van der Waals surface area contributed by atoms with Crippen LogP contribution in [-0.4, -0.2) is 35.8 Å². The Kier molecular flexibility index (Phi) is 3.04. The minimum absolute atomic E-state index is 0.0801. The number of carbonyl (C=O) groups excluding carboxylic acids is 2. The Balaban J connectivity index is 1.44. The third kappa shape index (κ3) is 2.38. The first kappa shape index (κ1) is 12.0. The van der Waals surface area contributed by atoms with Crippen LogP contribution in [0, 0.1) is 17.8 Å². The Bertz CT molecular complexity index is 359. The maximum atomic E-state index is 12.1. The molecular weight excluding hydrogens is 228 g/mol. The van der Waals surface area contributed by atoms with Crippen molar-refractivity contribution in [2.24, 2.45) is 17.8 Å². The van der Waals surface area contributed by atoms with E-state index in [2.05, 4.69) is 5.32 Å². The molecule has 2 amide bonds. The molecule has 1 N–H and O–H groups in total. The highest BCUT2D eigenvalue weighted by atomic mass is 16.2. The first-order valence-electron chi connectivity index (χ1n) is 7.21. The average Bonchev–Trinajstić information content (AvgIpc) is 2.73. The molecule has 1 aliphatic heterocycles. The lowest BCUT2D eigenvalue weighted by Gasteiger charge is -2.23. The zero-order valence-corrected chi connectivity index (χ0v) is 11.0. The lowest BCUT2D eigenvalue weighted by Crippen LogP contribution is -2.44. The van der Waals surface area contributed by atoms with Gasteiger partial charge in [-0.2, -0.15) is 0 Å². The fourth-order valence-electron chi connectivity index (χ4n) is 3.56. The number of likely N-dealkylation sites (tertiary alicyclic amines) is 1. The van der Waals surface area contributed by atoms with Gasteiger partial charge in [0.2, 0.25) is 11.8 Å². The fraction of sp³-hybridized carbons (Fsp3) is 0.857. The Labute approximate surface area is 108 Å². The monoisotopic (exact) mass is 250 g/mol. The Morgan fingerprint density at radius 2 is 2.11 bits per heavy atom. The Morgan fingerprint density at radius 3 is 2.72 bits per heavy atom. The van der Waals surface area contributed by atoms with Crippen molar-refractivity contribution in [2.45, 2.75) is 45.1 Å². The van der Waals surface area contributed by atoms with Gasteiger partial charge >= 0.3 is 0 Å². The number of nitrogens with one attached hydrogen (secondary N) is 1. The van der Waals surface area contributed by atoms with Crippen LogP contribution in [0.4, 0.5) is 0 Å². The van der Waals surface area contributed by atoms with Crippen molar-refractivity contribution in [3.63, 3.8) is 0 Å². The van der Waals surface area contributed by atoms with E-state index in [9.17, 15) is 9.59 Å². The van der Waals surface area contributed by atoms with Gasteiger partial charge in [0, 0.05) is 31.5 Å². The van der Waals surface area contributed by atoms with Crippen molar-refractivity contribution >= 4 is 11.8 Å². The molecule has 1 saturated heterocycles. The largest absolute Gasteiger partial charge is 0.352 e. The summed E-state index contributed by atoms with van der Waals surface area (Å²) in [6, 6.07) is 0.0801. The van der Waals surface area contributed by atoms with Crippen LogP contribution in [0.2, 0.25) is 0 Å². The molecule has 0 aromatic rings. The quantitative estimate of drug-likeness (QED) is 0.814. The predicted molar refractivity (Wildman–Crippen MR) is 67.7 cm³/mol. The van der Waals surface area contributed by atoms with Crippen LogP contribution in [0.5, 0.6) is 0 Å². The molecule has 4 heteroatoms.